The van der Waals surface area contributed by atoms with Gasteiger partial charge in [0, 0.05) is 18.0 Å². The standard InChI is InChI=1S/C17H21N3O2S/c21-14(19-8-3-1-2-4-9-19)10-20-11-18-16-15(17(20)22)12-6-5-7-13(12)23-16/h11H,1-10H2. The number of carbonyl (C=O) groups is 1. The Balaban J connectivity index is 1.63. The molecule has 3 heterocycles. The monoisotopic (exact) mass is 331 g/mol. The van der Waals surface area contributed by atoms with Crippen molar-refractivity contribution in [2.24, 2.45) is 0 Å². The lowest BCUT2D eigenvalue weighted by atomic mass is 10.2. The van der Waals surface area contributed by atoms with E-state index in [4.69, 9.17) is 0 Å². The van der Waals surface area contributed by atoms with E-state index in [1.807, 2.05) is 4.90 Å². The third-order valence-corrected chi connectivity index (χ3v) is 6.16. The van der Waals surface area contributed by atoms with Gasteiger partial charge in [-0.25, -0.2) is 4.98 Å². The number of rotatable bonds is 2. The highest BCUT2D eigenvalue weighted by Crippen LogP contribution is 2.34. The molecule has 2 aromatic rings. The predicted octanol–water partition coefficient (Wildman–Crippen LogP) is 2.35. The zero-order chi connectivity index (χ0) is 15.8. The maximum Gasteiger partial charge on any atom is 0.262 e. The topological polar surface area (TPSA) is 55.2 Å². The fourth-order valence-electron chi connectivity index (χ4n) is 3.70. The molecule has 0 radical (unpaired) electrons. The fraction of sp³-hybridized carbons (Fsp3) is 0.588. The number of carbonyl (C=O) groups excluding carboxylic acids is 1. The molecule has 0 bridgehead atoms. The summed E-state index contributed by atoms with van der Waals surface area (Å²) in [6, 6.07) is 0. The van der Waals surface area contributed by atoms with Gasteiger partial charge in [-0.2, -0.15) is 0 Å². The number of amides is 1. The molecule has 0 N–H and O–H groups in total. The van der Waals surface area contributed by atoms with E-state index in [9.17, 15) is 9.59 Å². The van der Waals surface area contributed by atoms with Gasteiger partial charge >= 0.3 is 0 Å². The van der Waals surface area contributed by atoms with Crippen LogP contribution in [0.5, 0.6) is 0 Å². The van der Waals surface area contributed by atoms with E-state index >= 15 is 0 Å². The molecule has 1 aliphatic heterocycles. The molecular formula is C17H21N3O2S. The molecular weight excluding hydrogens is 310 g/mol. The Bertz CT molecular complexity index is 800. The van der Waals surface area contributed by atoms with Crippen molar-refractivity contribution in [3.05, 3.63) is 27.1 Å². The van der Waals surface area contributed by atoms with Crippen molar-refractivity contribution >= 4 is 27.5 Å². The highest BCUT2D eigenvalue weighted by Gasteiger charge is 2.22. The van der Waals surface area contributed by atoms with Crippen molar-refractivity contribution in [1.82, 2.24) is 14.5 Å². The van der Waals surface area contributed by atoms with Crippen LogP contribution in [0.2, 0.25) is 0 Å². The highest BCUT2D eigenvalue weighted by atomic mass is 32.1. The van der Waals surface area contributed by atoms with Crippen LogP contribution in [0.3, 0.4) is 0 Å². The van der Waals surface area contributed by atoms with Crippen molar-refractivity contribution in [3.8, 4) is 0 Å². The van der Waals surface area contributed by atoms with E-state index in [1.54, 1.807) is 17.7 Å². The lowest BCUT2D eigenvalue weighted by Crippen LogP contribution is -2.37. The van der Waals surface area contributed by atoms with Gasteiger partial charge in [0.15, 0.2) is 0 Å². The fourth-order valence-corrected chi connectivity index (χ4v) is 4.92. The van der Waals surface area contributed by atoms with E-state index in [2.05, 4.69) is 4.98 Å². The molecule has 0 unspecified atom stereocenters. The molecule has 5 nitrogen and oxygen atoms in total. The van der Waals surface area contributed by atoms with Crippen molar-refractivity contribution in [2.45, 2.75) is 51.5 Å². The lowest BCUT2D eigenvalue weighted by molar-refractivity contribution is -0.131. The van der Waals surface area contributed by atoms with E-state index in [0.29, 0.717) is 0 Å². The molecule has 0 aromatic carbocycles. The Kier molecular flexibility index (Phi) is 3.93. The molecule has 23 heavy (non-hydrogen) atoms. The summed E-state index contributed by atoms with van der Waals surface area (Å²) in [4.78, 5) is 33.8. The first-order valence-electron chi connectivity index (χ1n) is 8.51. The van der Waals surface area contributed by atoms with Gasteiger partial charge in [0.25, 0.3) is 5.56 Å². The van der Waals surface area contributed by atoms with Gasteiger partial charge < -0.3 is 4.90 Å². The Hall–Kier alpha value is -1.69. The average molecular weight is 331 g/mol. The van der Waals surface area contributed by atoms with E-state index < -0.39 is 0 Å². The molecule has 0 atom stereocenters. The molecule has 1 aliphatic carbocycles. The second-order valence-corrected chi connectivity index (χ2v) is 7.59. The van der Waals surface area contributed by atoms with Gasteiger partial charge in [-0.1, -0.05) is 12.8 Å². The summed E-state index contributed by atoms with van der Waals surface area (Å²) < 4.78 is 1.50. The van der Waals surface area contributed by atoms with Gasteiger partial charge in [-0.05, 0) is 37.7 Å². The number of thiophene rings is 1. The molecule has 0 spiro atoms. The highest BCUT2D eigenvalue weighted by molar-refractivity contribution is 7.18. The predicted molar refractivity (Wildman–Crippen MR) is 91.0 cm³/mol. The Morgan fingerprint density at radius 2 is 1.91 bits per heavy atom. The number of hydrogen-bond acceptors (Lipinski definition) is 4. The third-order valence-electron chi connectivity index (χ3n) is 4.96. The zero-order valence-corrected chi connectivity index (χ0v) is 14.0. The SMILES string of the molecule is O=C(Cn1cnc2sc3c(c2c1=O)CCC3)N1CCCCCC1. The minimum atomic E-state index is -0.0439. The quantitative estimate of drug-likeness (QED) is 0.849. The summed E-state index contributed by atoms with van der Waals surface area (Å²) in [6.07, 6.45) is 9.21. The molecule has 2 aliphatic rings. The first kappa shape index (κ1) is 14.9. The average Bonchev–Trinajstić information content (AvgIpc) is 3.00. The molecule has 1 saturated heterocycles. The van der Waals surface area contributed by atoms with E-state index in [0.717, 1.165) is 55.4 Å². The van der Waals surface area contributed by atoms with Crippen molar-refractivity contribution in [1.29, 1.82) is 0 Å². The number of aryl methyl sites for hydroxylation is 2. The van der Waals surface area contributed by atoms with Gasteiger partial charge in [0.2, 0.25) is 5.91 Å². The number of nitrogens with zero attached hydrogens (tertiary/aromatic N) is 3. The normalized spacial score (nSPS) is 18.2. The summed E-state index contributed by atoms with van der Waals surface area (Å²) in [5, 5.41) is 0.758. The molecule has 1 amide bonds. The molecule has 1 fully saturated rings. The first-order valence-corrected chi connectivity index (χ1v) is 9.33. The van der Waals surface area contributed by atoms with Crippen molar-refractivity contribution < 1.29 is 4.79 Å². The maximum absolute atomic E-state index is 12.8. The number of hydrogen-bond donors (Lipinski definition) is 0. The van der Waals surface area contributed by atoms with Gasteiger partial charge in [0.1, 0.15) is 11.4 Å². The van der Waals surface area contributed by atoms with Crippen LogP contribution in [-0.4, -0.2) is 33.4 Å². The number of likely N-dealkylation sites (tertiary alicyclic amines) is 1. The summed E-state index contributed by atoms with van der Waals surface area (Å²) in [7, 11) is 0. The molecule has 122 valence electrons. The van der Waals surface area contributed by atoms with E-state index in [-0.39, 0.29) is 18.0 Å². The van der Waals surface area contributed by atoms with Crippen molar-refractivity contribution in [2.75, 3.05) is 13.1 Å². The van der Waals surface area contributed by atoms with Crippen LogP contribution in [0.25, 0.3) is 10.2 Å². The maximum atomic E-state index is 12.8. The van der Waals surface area contributed by atoms with Crippen LogP contribution >= 0.6 is 11.3 Å². The Labute approximate surface area is 138 Å². The Morgan fingerprint density at radius 1 is 1.13 bits per heavy atom. The van der Waals surface area contributed by atoms with Crippen LogP contribution in [-0.2, 0) is 24.2 Å². The van der Waals surface area contributed by atoms with Crippen LogP contribution in [0.15, 0.2) is 11.1 Å². The second-order valence-electron chi connectivity index (χ2n) is 6.51. The van der Waals surface area contributed by atoms with Crippen LogP contribution < -0.4 is 5.56 Å². The summed E-state index contributed by atoms with van der Waals surface area (Å²) in [6.45, 7) is 1.75. The van der Waals surface area contributed by atoms with Gasteiger partial charge in [-0.3, -0.25) is 14.2 Å². The second kappa shape index (κ2) is 6.07. The summed E-state index contributed by atoms with van der Waals surface area (Å²) in [5.41, 5.74) is 1.14. The van der Waals surface area contributed by atoms with Crippen LogP contribution in [0.1, 0.15) is 42.5 Å². The molecule has 0 saturated carbocycles. The smallest absolute Gasteiger partial charge is 0.262 e. The van der Waals surface area contributed by atoms with Gasteiger partial charge in [0.05, 0.1) is 11.7 Å². The third kappa shape index (κ3) is 2.69. The minimum absolute atomic E-state index is 0.0435. The number of fused-ring (bicyclic) bond motifs is 3. The minimum Gasteiger partial charge on any atom is -0.341 e. The largest absolute Gasteiger partial charge is 0.341 e. The molecule has 6 heteroatoms. The van der Waals surface area contributed by atoms with Crippen LogP contribution in [0.4, 0.5) is 0 Å². The van der Waals surface area contributed by atoms with Crippen molar-refractivity contribution in [3.63, 3.8) is 0 Å². The Morgan fingerprint density at radius 3 is 2.70 bits per heavy atom. The number of aromatic nitrogens is 2. The summed E-state index contributed by atoms with van der Waals surface area (Å²) in [5.74, 6) is 0.0435. The first-order chi connectivity index (χ1) is 11.2. The molecule has 2 aromatic heterocycles. The zero-order valence-electron chi connectivity index (χ0n) is 13.2. The van der Waals surface area contributed by atoms with Crippen LogP contribution in [0, 0.1) is 0 Å². The van der Waals surface area contributed by atoms with Gasteiger partial charge in [-0.15, -0.1) is 11.3 Å². The lowest BCUT2D eigenvalue weighted by Gasteiger charge is -2.20. The summed E-state index contributed by atoms with van der Waals surface area (Å²) >= 11 is 1.64. The van der Waals surface area contributed by atoms with E-state index in [1.165, 1.54) is 27.8 Å². The molecule has 4 rings (SSSR count).